The molecule has 0 saturated carbocycles. The molecule has 0 bridgehead atoms. The fourth-order valence-electron chi connectivity index (χ4n) is 3.37. The molecule has 0 aliphatic heterocycles. The van der Waals surface area contributed by atoms with E-state index >= 15 is 0 Å². The standard InChI is InChI=1S/C23H17F4N3O2S/c1-33(31,32)29-19-7-3-5-9-21(19)30-20-8-4-2-6-18(20)28-22(30)13-11-15-10-12-16(14-17(15)24)23(25,26)27/h2-14,29H,1H3/b13-11+. The summed E-state index contributed by atoms with van der Waals surface area (Å²) in [6.07, 6.45) is -0.833. The lowest BCUT2D eigenvalue weighted by Gasteiger charge is -2.14. The summed E-state index contributed by atoms with van der Waals surface area (Å²) in [6.45, 7) is 0. The highest BCUT2D eigenvalue weighted by atomic mass is 32.2. The molecular formula is C23H17F4N3O2S. The van der Waals surface area contributed by atoms with Crippen molar-refractivity contribution in [3.63, 3.8) is 0 Å². The van der Waals surface area contributed by atoms with Gasteiger partial charge in [-0.2, -0.15) is 13.2 Å². The van der Waals surface area contributed by atoms with Gasteiger partial charge in [-0.3, -0.25) is 9.29 Å². The van der Waals surface area contributed by atoms with E-state index in [0.717, 1.165) is 18.4 Å². The van der Waals surface area contributed by atoms with Crippen LogP contribution in [0.25, 0.3) is 28.9 Å². The second-order valence-corrected chi connectivity index (χ2v) is 9.00. The first kappa shape index (κ1) is 22.5. The minimum Gasteiger partial charge on any atom is -0.291 e. The van der Waals surface area contributed by atoms with Gasteiger partial charge in [0.1, 0.15) is 11.6 Å². The van der Waals surface area contributed by atoms with Crippen molar-refractivity contribution < 1.29 is 26.0 Å². The number of fused-ring (bicyclic) bond motifs is 1. The summed E-state index contributed by atoms with van der Waals surface area (Å²) >= 11 is 0. The maximum absolute atomic E-state index is 14.3. The molecule has 0 saturated heterocycles. The molecule has 33 heavy (non-hydrogen) atoms. The number of para-hydroxylation sites is 4. The minimum absolute atomic E-state index is 0.0517. The fraction of sp³-hybridized carbons (Fsp3) is 0.0870. The lowest BCUT2D eigenvalue weighted by atomic mass is 10.1. The summed E-state index contributed by atoms with van der Waals surface area (Å²) in [4.78, 5) is 4.52. The lowest BCUT2D eigenvalue weighted by Crippen LogP contribution is -2.12. The zero-order valence-electron chi connectivity index (χ0n) is 17.1. The van der Waals surface area contributed by atoms with Gasteiger partial charge >= 0.3 is 6.18 Å². The Morgan fingerprint density at radius 3 is 2.36 bits per heavy atom. The molecule has 0 spiro atoms. The van der Waals surface area contributed by atoms with Crippen LogP contribution in [0.3, 0.4) is 0 Å². The SMILES string of the molecule is CS(=O)(=O)Nc1ccccc1-n1c(/C=C/c2ccc(C(F)(F)F)cc2F)nc2ccccc21. The second kappa shape index (κ2) is 8.36. The smallest absolute Gasteiger partial charge is 0.291 e. The number of imidazole rings is 1. The summed E-state index contributed by atoms with van der Waals surface area (Å²) in [6, 6.07) is 16.1. The number of rotatable bonds is 5. The molecule has 170 valence electrons. The van der Waals surface area contributed by atoms with Crippen LogP contribution in [0.5, 0.6) is 0 Å². The molecule has 0 aliphatic rings. The molecule has 0 radical (unpaired) electrons. The van der Waals surface area contributed by atoms with Crippen molar-refractivity contribution >= 4 is 38.9 Å². The molecule has 1 aromatic heterocycles. The van der Waals surface area contributed by atoms with Crippen LogP contribution in [0.15, 0.2) is 66.7 Å². The molecule has 4 rings (SSSR count). The number of alkyl halides is 3. The highest BCUT2D eigenvalue weighted by Crippen LogP contribution is 2.31. The normalized spacial score (nSPS) is 12.5. The van der Waals surface area contributed by atoms with Crippen molar-refractivity contribution in [2.75, 3.05) is 11.0 Å². The third kappa shape index (κ3) is 4.90. The summed E-state index contributed by atoms with van der Waals surface area (Å²) in [5, 5.41) is 0. The Morgan fingerprint density at radius 2 is 1.67 bits per heavy atom. The van der Waals surface area contributed by atoms with Gasteiger partial charge in [0.15, 0.2) is 0 Å². The number of sulfonamides is 1. The zero-order chi connectivity index (χ0) is 23.8. The largest absolute Gasteiger partial charge is 0.416 e. The molecule has 3 aromatic carbocycles. The Morgan fingerprint density at radius 1 is 0.970 bits per heavy atom. The van der Waals surface area contributed by atoms with Crippen LogP contribution >= 0.6 is 0 Å². The summed E-state index contributed by atoms with van der Waals surface area (Å²) in [5.41, 5.74) is 0.906. The number of nitrogens with zero attached hydrogens (tertiary/aromatic N) is 2. The number of hydrogen-bond acceptors (Lipinski definition) is 3. The minimum atomic E-state index is -4.65. The molecule has 10 heteroatoms. The molecular weight excluding hydrogens is 458 g/mol. The van der Waals surface area contributed by atoms with E-state index in [1.807, 2.05) is 0 Å². The lowest BCUT2D eigenvalue weighted by molar-refractivity contribution is -0.137. The van der Waals surface area contributed by atoms with Crippen molar-refractivity contribution in [3.05, 3.63) is 89.5 Å². The van der Waals surface area contributed by atoms with Crippen molar-refractivity contribution in [3.8, 4) is 5.69 Å². The fourth-order valence-corrected chi connectivity index (χ4v) is 3.94. The maximum atomic E-state index is 14.3. The molecule has 0 amide bonds. The van der Waals surface area contributed by atoms with Crippen LogP contribution in [-0.2, 0) is 16.2 Å². The predicted molar refractivity (Wildman–Crippen MR) is 120 cm³/mol. The van der Waals surface area contributed by atoms with E-state index in [1.165, 1.54) is 12.2 Å². The van der Waals surface area contributed by atoms with Gasteiger partial charge in [-0.15, -0.1) is 0 Å². The molecule has 0 fully saturated rings. The Hall–Kier alpha value is -3.66. The topological polar surface area (TPSA) is 64.0 Å². The number of anilines is 1. The predicted octanol–water partition coefficient (Wildman–Crippen LogP) is 5.73. The zero-order valence-corrected chi connectivity index (χ0v) is 18.0. The van der Waals surface area contributed by atoms with Crippen molar-refractivity contribution in [2.45, 2.75) is 6.18 Å². The first-order chi connectivity index (χ1) is 15.5. The van der Waals surface area contributed by atoms with Gasteiger partial charge in [0.2, 0.25) is 10.0 Å². The van der Waals surface area contributed by atoms with Crippen molar-refractivity contribution in [1.29, 1.82) is 0 Å². The number of halogens is 4. The second-order valence-electron chi connectivity index (χ2n) is 7.25. The van der Waals surface area contributed by atoms with E-state index in [4.69, 9.17) is 0 Å². The summed E-state index contributed by atoms with van der Waals surface area (Å²) in [7, 11) is -3.58. The summed E-state index contributed by atoms with van der Waals surface area (Å²) < 4.78 is 80.6. The Bertz CT molecular complexity index is 1470. The van der Waals surface area contributed by atoms with Gasteiger partial charge in [-0.1, -0.05) is 30.3 Å². The van der Waals surface area contributed by atoms with E-state index in [0.29, 0.717) is 34.3 Å². The average molecular weight is 475 g/mol. The van der Waals surface area contributed by atoms with Gasteiger partial charge in [0.05, 0.1) is 34.2 Å². The number of hydrogen-bond donors (Lipinski definition) is 1. The van der Waals surface area contributed by atoms with E-state index in [-0.39, 0.29) is 5.56 Å². The Kier molecular flexibility index (Phi) is 5.71. The van der Waals surface area contributed by atoms with Gasteiger partial charge in [0, 0.05) is 5.56 Å². The van der Waals surface area contributed by atoms with E-state index < -0.39 is 27.6 Å². The van der Waals surface area contributed by atoms with Crippen LogP contribution in [0.1, 0.15) is 17.0 Å². The monoisotopic (exact) mass is 475 g/mol. The van der Waals surface area contributed by atoms with Gasteiger partial charge < -0.3 is 0 Å². The average Bonchev–Trinajstić information content (AvgIpc) is 3.09. The van der Waals surface area contributed by atoms with Crippen molar-refractivity contribution in [2.24, 2.45) is 0 Å². The molecule has 5 nitrogen and oxygen atoms in total. The van der Waals surface area contributed by atoms with Crippen LogP contribution in [0.4, 0.5) is 23.2 Å². The Labute approximate surface area is 187 Å². The van der Waals surface area contributed by atoms with Crippen LogP contribution in [-0.4, -0.2) is 24.2 Å². The first-order valence-corrected chi connectivity index (χ1v) is 11.5. The number of benzene rings is 3. The molecule has 0 aliphatic carbocycles. The highest BCUT2D eigenvalue weighted by Gasteiger charge is 2.31. The van der Waals surface area contributed by atoms with Gasteiger partial charge in [-0.25, -0.2) is 17.8 Å². The van der Waals surface area contributed by atoms with Crippen LogP contribution in [0.2, 0.25) is 0 Å². The molecule has 0 atom stereocenters. The van der Waals surface area contributed by atoms with E-state index in [9.17, 15) is 26.0 Å². The number of aromatic nitrogens is 2. The van der Waals surface area contributed by atoms with Crippen molar-refractivity contribution in [1.82, 2.24) is 9.55 Å². The molecule has 4 aromatic rings. The number of nitrogens with one attached hydrogen (secondary N) is 1. The maximum Gasteiger partial charge on any atom is 0.416 e. The Balaban J connectivity index is 1.84. The first-order valence-electron chi connectivity index (χ1n) is 9.62. The van der Waals surface area contributed by atoms with Gasteiger partial charge in [0.25, 0.3) is 0 Å². The third-order valence-corrected chi connectivity index (χ3v) is 5.36. The van der Waals surface area contributed by atoms with E-state index in [2.05, 4.69) is 9.71 Å². The van der Waals surface area contributed by atoms with Crippen LogP contribution < -0.4 is 4.72 Å². The van der Waals surface area contributed by atoms with Gasteiger partial charge in [-0.05, 0) is 48.6 Å². The third-order valence-electron chi connectivity index (χ3n) is 4.77. The molecule has 1 N–H and O–H groups in total. The van der Waals surface area contributed by atoms with Crippen LogP contribution in [0, 0.1) is 5.82 Å². The quantitative estimate of drug-likeness (QED) is 0.375. The molecule has 0 unspecified atom stereocenters. The summed E-state index contributed by atoms with van der Waals surface area (Å²) in [5.74, 6) is -0.693. The molecule has 1 heterocycles. The van der Waals surface area contributed by atoms with E-state index in [1.54, 1.807) is 53.1 Å². The highest BCUT2D eigenvalue weighted by molar-refractivity contribution is 7.92.